The highest BCUT2D eigenvalue weighted by atomic mass is 16.4. The molecule has 1 unspecified atom stereocenters. The van der Waals surface area contributed by atoms with Crippen LogP contribution in [0.25, 0.3) is 5.69 Å². The zero-order valence-corrected chi connectivity index (χ0v) is 12.3. The first-order valence-electron chi connectivity index (χ1n) is 6.68. The van der Waals surface area contributed by atoms with E-state index in [9.17, 15) is 14.4 Å². The van der Waals surface area contributed by atoms with E-state index in [1.807, 2.05) is 0 Å². The molecule has 0 saturated carbocycles. The molecule has 0 fully saturated rings. The van der Waals surface area contributed by atoms with Gasteiger partial charge in [0.1, 0.15) is 6.04 Å². The molecule has 0 aliphatic rings. The highest BCUT2D eigenvalue weighted by molar-refractivity contribution is 5.73. The van der Waals surface area contributed by atoms with Gasteiger partial charge in [0.05, 0.1) is 5.69 Å². The van der Waals surface area contributed by atoms with Crippen molar-refractivity contribution in [2.24, 2.45) is 12.8 Å². The first-order chi connectivity index (χ1) is 10.3. The largest absolute Gasteiger partial charge is 0.480 e. The van der Waals surface area contributed by atoms with Gasteiger partial charge in [-0.25, -0.2) is 9.36 Å². The Morgan fingerprint density at radius 1 is 1.27 bits per heavy atom. The van der Waals surface area contributed by atoms with Crippen LogP contribution in [0.1, 0.15) is 11.3 Å². The highest BCUT2D eigenvalue weighted by Gasteiger charge is 2.13. The minimum absolute atomic E-state index is 0.177. The Morgan fingerprint density at radius 3 is 2.41 bits per heavy atom. The predicted molar refractivity (Wildman–Crippen MR) is 81.3 cm³/mol. The third-order valence-corrected chi connectivity index (χ3v) is 3.53. The van der Waals surface area contributed by atoms with E-state index in [2.05, 4.69) is 0 Å². The maximum absolute atomic E-state index is 12.2. The number of aromatic nitrogens is 2. The number of rotatable bonds is 4. The van der Waals surface area contributed by atoms with Crippen LogP contribution in [0.3, 0.4) is 0 Å². The Kier molecular flexibility index (Phi) is 4.27. The molecule has 7 heteroatoms. The second-order valence-electron chi connectivity index (χ2n) is 5.12. The Balaban J connectivity index is 2.40. The first-order valence-corrected chi connectivity index (χ1v) is 6.68. The van der Waals surface area contributed by atoms with E-state index in [1.54, 1.807) is 38.2 Å². The summed E-state index contributed by atoms with van der Waals surface area (Å²) in [5.41, 5.74) is 6.36. The van der Waals surface area contributed by atoms with Crippen molar-refractivity contribution >= 4 is 5.97 Å². The van der Waals surface area contributed by atoms with E-state index in [4.69, 9.17) is 10.8 Å². The third kappa shape index (κ3) is 2.99. The van der Waals surface area contributed by atoms with E-state index < -0.39 is 23.3 Å². The topological polar surface area (TPSA) is 107 Å². The number of nitrogens with two attached hydrogens (primary N) is 1. The number of hydrogen-bond donors (Lipinski definition) is 2. The van der Waals surface area contributed by atoms with E-state index in [0.29, 0.717) is 11.4 Å². The van der Waals surface area contributed by atoms with Crippen molar-refractivity contribution in [3.63, 3.8) is 0 Å². The molecule has 0 aliphatic heterocycles. The summed E-state index contributed by atoms with van der Waals surface area (Å²) in [7, 11) is 1.59. The van der Waals surface area contributed by atoms with Crippen LogP contribution in [0.2, 0.25) is 0 Å². The van der Waals surface area contributed by atoms with Gasteiger partial charge in [0.2, 0.25) is 0 Å². The molecule has 0 bridgehead atoms. The average molecular weight is 303 g/mol. The van der Waals surface area contributed by atoms with Gasteiger partial charge in [-0.15, -0.1) is 0 Å². The normalized spacial score (nSPS) is 12.1. The molecule has 1 aromatic heterocycles. The quantitative estimate of drug-likeness (QED) is 0.813. The number of carboxylic acids is 1. The van der Waals surface area contributed by atoms with E-state index in [-0.39, 0.29) is 6.42 Å². The van der Waals surface area contributed by atoms with Crippen molar-refractivity contribution in [1.82, 2.24) is 9.13 Å². The summed E-state index contributed by atoms with van der Waals surface area (Å²) in [5.74, 6) is -1.08. The lowest BCUT2D eigenvalue weighted by Gasteiger charge is -2.10. The molecule has 22 heavy (non-hydrogen) atoms. The third-order valence-electron chi connectivity index (χ3n) is 3.53. The summed E-state index contributed by atoms with van der Waals surface area (Å²) in [4.78, 5) is 34.9. The molecule has 0 spiro atoms. The molecule has 2 rings (SSSR count). The second-order valence-corrected chi connectivity index (χ2v) is 5.12. The molecular weight excluding hydrogens is 286 g/mol. The van der Waals surface area contributed by atoms with Gasteiger partial charge in [0, 0.05) is 18.8 Å². The van der Waals surface area contributed by atoms with Crippen LogP contribution in [0.15, 0.2) is 39.9 Å². The van der Waals surface area contributed by atoms with Gasteiger partial charge in [0.15, 0.2) is 0 Å². The van der Waals surface area contributed by atoms with Crippen molar-refractivity contribution in [3.05, 3.63) is 62.4 Å². The maximum Gasteiger partial charge on any atom is 0.335 e. The minimum atomic E-state index is -1.08. The maximum atomic E-state index is 12.2. The fraction of sp³-hybridized carbons (Fsp3) is 0.267. The van der Waals surface area contributed by atoms with Gasteiger partial charge in [0.25, 0.3) is 5.56 Å². The molecule has 2 aromatic rings. The van der Waals surface area contributed by atoms with Crippen LogP contribution in [0.5, 0.6) is 0 Å². The van der Waals surface area contributed by atoms with Crippen LogP contribution >= 0.6 is 0 Å². The van der Waals surface area contributed by atoms with Gasteiger partial charge in [-0.1, -0.05) is 12.1 Å². The molecule has 0 radical (unpaired) electrons. The van der Waals surface area contributed by atoms with Crippen molar-refractivity contribution in [2.75, 3.05) is 0 Å². The predicted octanol–water partition coefficient (Wildman–Crippen LogP) is -0.201. The zero-order chi connectivity index (χ0) is 16.4. The second kappa shape index (κ2) is 5.98. The number of nitrogens with zero attached hydrogens (tertiary/aromatic N) is 2. The standard InChI is InChI=1S/C15H17N3O4/c1-9-7-13(19)18(15(22)17(9)2)11-5-3-10(4-6-11)8-12(16)14(20)21/h3-7,12H,8,16H2,1-2H3,(H,20,21). The number of benzene rings is 1. The van der Waals surface area contributed by atoms with Crippen molar-refractivity contribution in [3.8, 4) is 5.69 Å². The number of hydrogen-bond acceptors (Lipinski definition) is 4. The molecule has 3 N–H and O–H groups in total. The van der Waals surface area contributed by atoms with Gasteiger partial charge in [-0.3, -0.25) is 9.59 Å². The summed E-state index contributed by atoms with van der Waals surface area (Å²) >= 11 is 0. The molecule has 0 saturated heterocycles. The fourth-order valence-electron chi connectivity index (χ4n) is 2.10. The number of carboxylic acid groups (broad SMARTS) is 1. The lowest BCUT2D eigenvalue weighted by atomic mass is 10.1. The molecule has 0 aliphatic carbocycles. The summed E-state index contributed by atoms with van der Waals surface area (Å²) in [6.45, 7) is 1.68. The molecule has 1 heterocycles. The van der Waals surface area contributed by atoms with Gasteiger partial charge in [-0.05, 0) is 31.0 Å². The van der Waals surface area contributed by atoms with Crippen LogP contribution in [0.4, 0.5) is 0 Å². The monoisotopic (exact) mass is 303 g/mol. The number of aliphatic carboxylic acids is 1. The Hall–Kier alpha value is -2.67. The Labute approximate surface area is 126 Å². The SMILES string of the molecule is Cc1cc(=O)n(-c2ccc(CC(N)C(=O)O)cc2)c(=O)n1C. The van der Waals surface area contributed by atoms with E-state index in [1.165, 1.54) is 10.6 Å². The zero-order valence-electron chi connectivity index (χ0n) is 12.3. The lowest BCUT2D eigenvalue weighted by Crippen LogP contribution is -2.38. The van der Waals surface area contributed by atoms with Gasteiger partial charge in [-0.2, -0.15) is 0 Å². The van der Waals surface area contributed by atoms with Crippen molar-refractivity contribution in [2.45, 2.75) is 19.4 Å². The smallest absolute Gasteiger partial charge is 0.335 e. The van der Waals surface area contributed by atoms with Crippen LogP contribution in [-0.4, -0.2) is 26.3 Å². The highest BCUT2D eigenvalue weighted by Crippen LogP contribution is 2.08. The number of carbonyl (C=O) groups is 1. The van der Waals surface area contributed by atoms with E-state index in [0.717, 1.165) is 10.1 Å². The molecule has 1 aromatic carbocycles. The van der Waals surface area contributed by atoms with Gasteiger partial charge >= 0.3 is 11.7 Å². The Bertz CT molecular complexity index is 818. The molecule has 116 valence electrons. The van der Waals surface area contributed by atoms with E-state index >= 15 is 0 Å². The first kappa shape index (κ1) is 15.7. The number of aryl methyl sites for hydroxylation is 1. The van der Waals surface area contributed by atoms with Crippen LogP contribution < -0.4 is 17.0 Å². The Morgan fingerprint density at radius 2 is 1.86 bits per heavy atom. The van der Waals surface area contributed by atoms with Gasteiger partial charge < -0.3 is 15.4 Å². The molecule has 7 nitrogen and oxygen atoms in total. The minimum Gasteiger partial charge on any atom is -0.480 e. The summed E-state index contributed by atoms with van der Waals surface area (Å²) in [6, 6.07) is 6.91. The summed E-state index contributed by atoms with van der Waals surface area (Å²) < 4.78 is 2.45. The van der Waals surface area contributed by atoms with Crippen molar-refractivity contribution in [1.29, 1.82) is 0 Å². The fourth-order valence-corrected chi connectivity index (χ4v) is 2.10. The molecule has 0 amide bonds. The lowest BCUT2D eigenvalue weighted by molar-refractivity contribution is -0.138. The summed E-state index contributed by atoms with van der Waals surface area (Å²) in [5, 5.41) is 8.79. The average Bonchev–Trinajstić information content (AvgIpc) is 2.46. The molecule has 1 atom stereocenters. The van der Waals surface area contributed by atoms with Crippen LogP contribution in [-0.2, 0) is 18.3 Å². The van der Waals surface area contributed by atoms with Crippen molar-refractivity contribution < 1.29 is 9.90 Å². The van der Waals surface area contributed by atoms with Crippen LogP contribution in [0, 0.1) is 6.92 Å². The molecular formula is C15H17N3O4. The summed E-state index contributed by atoms with van der Waals surface area (Å²) in [6.07, 6.45) is 0.177.